The number of halogens is 2. The van der Waals surface area contributed by atoms with Gasteiger partial charge >= 0.3 is 0 Å². The van der Waals surface area contributed by atoms with Gasteiger partial charge in [-0.15, -0.1) is 0 Å². The van der Waals surface area contributed by atoms with Crippen molar-refractivity contribution in [1.82, 2.24) is 0 Å². The second-order valence-corrected chi connectivity index (χ2v) is 7.58. The molecule has 0 aliphatic heterocycles. The lowest BCUT2D eigenvalue weighted by molar-refractivity contribution is 0.483. The Hall–Kier alpha value is -3.40. The molecule has 0 saturated heterocycles. The molecule has 31 heavy (non-hydrogen) atoms. The van der Waals surface area contributed by atoms with E-state index in [1.165, 1.54) is 0 Å². The summed E-state index contributed by atoms with van der Waals surface area (Å²) >= 11 is 11.8. The lowest BCUT2D eigenvalue weighted by atomic mass is 10.2. The molecule has 4 aromatic carbocycles. The first kappa shape index (κ1) is 20.9. The van der Waals surface area contributed by atoms with Gasteiger partial charge in [-0.25, -0.2) is 0 Å². The summed E-state index contributed by atoms with van der Waals surface area (Å²) in [5.41, 5.74) is 3.66. The Balaban J connectivity index is 1.35. The smallest absolute Gasteiger partial charge is 0.127 e. The van der Waals surface area contributed by atoms with E-state index in [2.05, 4.69) is 9.98 Å². The predicted molar refractivity (Wildman–Crippen MR) is 130 cm³/mol. The highest BCUT2D eigenvalue weighted by atomic mass is 35.5. The van der Waals surface area contributed by atoms with E-state index in [1.807, 2.05) is 97.1 Å². The van der Waals surface area contributed by atoms with E-state index in [9.17, 15) is 0 Å². The van der Waals surface area contributed by atoms with Crippen LogP contribution in [0.2, 0.25) is 10.0 Å². The molecule has 0 amide bonds. The van der Waals surface area contributed by atoms with Crippen LogP contribution in [0.15, 0.2) is 107 Å². The topological polar surface area (TPSA) is 34.0 Å². The van der Waals surface area contributed by atoms with Gasteiger partial charge in [0.15, 0.2) is 0 Å². The minimum Gasteiger partial charge on any atom is -0.457 e. The standard InChI is InChI=1S/C26H18Cl2N2O/c27-21-5-1-19(2-6-21)17-29-23-9-13-25(14-10-23)31-26-15-11-24(12-16-26)30-18-20-3-7-22(28)8-4-20/h1-18H. The van der Waals surface area contributed by atoms with Crippen molar-refractivity contribution in [2.45, 2.75) is 0 Å². The second-order valence-electron chi connectivity index (χ2n) is 6.71. The molecule has 0 radical (unpaired) electrons. The Labute approximate surface area is 191 Å². The Bertz CT molecular complexity index is 1090. The molecule has 0 spiro atoms. The van der Waals surface area contributed by atoms with Crippen LogP contribution in [0.4, 0.5) is 11.4 Å². The van der Waals surface area contributed by atoms with E-state index < -0.39 is 0 Å². The predicted octanol–water partition coefficient (Wildman–Crippen LogP) is 8.29. The van der Waals surface area contributed by atoms with Gasteiger partial charge < -0.3 is 4.74 Å². The number of hydrogen-bond acceptors (Lipinski definition) is 3. The van der Waals surface area contributed by atoms with E-state index in [1.54, 1.807) is 12.4 Å². The highest BCUT2D eigenvalue weighted by Gasteiger charge is 1.99. The minimum absolute atomic E-state index is 0.708. The molecule has 0 aliphatic carbocycles. The maximum absolute atomic E-state index is 5.91. The molecule has 0 N–H and O–H groups in total. The largest absolute Gasteiger partial charge is 0.457 e. The van der Waals surface area contributed by atoms with Crippen LogP contribution in [-0.4, -0.2) is 12.4 Å². The second kappa shape index (κ2) is 10.1. The van der Waals surface area contributed by atoms with Crippen molar-refractivity contribution in [2.24, 2.45) is 9.98 Å². The maximum atomic E-state index is 5.91. The van der Waals surface area contributed by atoms with E-state index in [0.717, 1.165) is 34.0 Å². The fraction of sp³-hybridized carbons (Fsp3) is 0. The first-order valence-corrected chi connectivity index (χ1v) is 10.4. The molecule has 0 aromatic heterocycles. The molecule has 0 fully saturated rings. The third kappa shape index (κ3) is 6.29. The lowest BCUT2D eigenvalue weighted by Crippen LogP contribution is -1.84. The van der Waals surface area contributed by atoms with E-state index in [4.69, 9.17) is 27.9 Å². The van der Waals surface area contributed by atoms with Crippen LogP contribution >= 0.6 is 23.2 Å². The van der Waals surface area contributed by atoms with Crippen molar-refractivity contribution in [3.63, 3.8) is 0 Å². The maximum Gasteiger partial charge on any atom is 0.127 e. The lowest BCUT2D eigenvalue weighted by Gasteiger charge is -2.06. The zero-order chi connectivity index (χ0) is 21.5. The zero-order valence-electron chi connectivity index (χ0n) is 16.5. The van der Waals surface area contributed by atoms with Crippen LogP contribution in [0.3, 0.4) is 0 Å². The number of aliphatic imine (C=N–C) groups is 2. The number of hydrogen-bond donors (Lipinski definition) is 0. The molecule has 0 unspecified atom stereocenters. The van der Waals surface area contributed by atoms with Gasteiger partial charge in [0.1, 0.15) is 11.5 Å². The van der Waals surface area contributed by atoms with Gasteiger partial charge in [0.2, 0.25) is 0 Å². The Kier molecular flexibility index (Phi) is 6.78. The summed E-state index contributed by atoms with van der Waals surface area (Å²) < 4.78 is 5.91. The fourth-order valence-electron chi connectivity index (χ4n) is 2.73. The Morgan fingerprint density at radius 1 is 0.484 bits per heavy atom. The van der Waals surface area contributed by atoms with Crippen molar-refractivity contribution in [3.8, 4) is 11.5 Å². The molecule has 152 valence electrons. The highest BCUT2D eigenvalue weighted by molar-refractivity contribution is 6.30. The number of ether oxygens (including phenoxy) is 1. The number of rotatable bonds is 6. The molecule has 4 rings (SSSR count). The molecule has 0 heterocycles. The monoisotopic (exact) mass is 444 g/mol. The Morgan fingerprint density at radius 2 is 0.839 bits per heavy atom. The van der Waals surface area contributed by atoms with Gasteiger partial charge in [-0.05, 0) is 83.9 Å². The SMILES string of the molecule is Clc1ccc(C=Nc2ccc(Oc3ccc(N=Cc4ccc(Cl)cc4)cc3)cc2)cc1. The summed E-state index contributed by atoms with van der Waals surface area (Å²) in [7, 11) is 0. The molecule has 4 aromatic rings. The summed E-state index contributed by atoms with van der Waals surface area (Å²) in [4.78, 5) is 8.94. The summed E-state index contributed by atoms with van der Waals surface area (Å²) in [6, 6.07) is 30.3. The van der Waals surface area contributed by atoms with Gasteiger partial charge in [-0.3, -0.25) is 9.98 Å². The average molecular weight is 445 g/mol. The van der Waals surface area contributed by atoms with Crippen molar-refractivity contribution in [2.75, 3.05) is 0 Å². The van der Waals surface area contributed by atoms with E-state index in [0.29, 0.717) is 10.0 Å². The van der Waals surface area contributed by atoms with Crippen molar-refractivity contribution < 1.29 is 4.74 Å². The third-order valence-electron chi connectivity index (χ3n) is 4.37. The van der Waals surface area contributed by atoms with Crippen LogP contribution in [0, 0.1) is 0 Å². The van der Waals surface area contributed by atoms with Crippen LogP contribution in [0.1, 0.15) is 11.1 Å². The van der Waals surface area contributed by atoms with Crippen LogP contribution in [-0.2, 0) is 0 Å². The highest BCUT2D eigenvalue weighted by Crippen LogP contribution is 2.26. The van der Waals surface area contributed by atoms with Gasteiger partial charge in [0.05, 0.1) is 11.4 Å². The quantitative estimate of drug-likeness (QED) is 0.275. The van der Waals surface area contributed by atoms with Gasteiger partial charge in [-0.1, -0.05) is 47.5 Å². The van der Waals surface area contributed by atoms with E-state index >= 15 is 0 Å². The summed E-state index contributed by atoms with van der Waals surface area (Å²) in [6.45, 7) is 0. The molecule has 0 bridgehead atoms. The number of benzene rings is 4. The van der Waals surface area contributed by atoms with Crippen LogP contribution < -0.4 is 4.74 Å². The molecule has 0 atom stereocenters. The van der Waals surface area contributed by atoms with Crippen molar-refractivity contribution >= 4 is 47.0 Å². The summed E-state index contributed by atoms with van der Waals surface area (Å²) in [5.74, 6) is 1.48. The normalized spacial score (nSPS) is 11.3. The van der Waals surface area contributed by atoms with Crippen LogP contribution in [0.5, 0.6) is 11.5 Å². The zero-order valence-corrected chi connectivity index (χ0v) is 18.0. The van der Waals surface area contributed by atoms with Crippen molar-refractivity contribution in [3.05, 3.63) is 118 Å². The average Bonchev–Trinajstić information content (AvgIpc) is 2.80. The molecular weight excluding hydrogens is 427 g/mol. The van der Waals surface area contributed by atoms with Gasteiger partial charge in [0.25, 0.3) is 0 Å². The first-order chi connectivity index (χ1) is 15.1. The fourth-order valence-corrected chi connectivity index (χ4v) is 2.98. The van der Waals surface area contributed by atoms with Gasteiger partial charge in [-0.2, -0.15) is 0 Å². The first-order valence-electron chi connectivity index (χ1n) is 9.61. The number of nitrogens with zero attached hydrogens (tertiary/aromatic N) is 2. The summed E-state index contributed by atoms with van der Waals surface area (Å²) in [5, 5.41) is 1.42. The summed E-state index contributed by atoms with van der Waals surface area (Å²) in [6.07, 6.45) is 3.60. The molecule has 0 saturated carbocycles. The van der Waals surface area contributed by atoms with Gasteiger partial charge in [0, 0.05) is 22.5 Å². The molecule has 0 aliphatic rings. The minimum atomic E-state index is 0.708. The molecule has 5 heteroatoms. The van der Waals surface area contributed by atoms with E-state index in [-0.39, 0.29) is 0 Å². The van der Waals surface area contributed by atoms with Crippen LogP contribution in [0.25, 0.3) is 0 Å². The third-order valence-corrected chi connectivity index (χ3v) is 4.88. The molecule has 3 nitrogen and oxygen atoms in total. The Morgan fingerprint density at radius 3 is 1.19 bits per heavy atom. The van der Waals surface area contributed by atoms with Crippen molar-refractivity contribution in [1.29, 1.82) is 0 Å². The molecular formula is C26H18Cl2N2O.